The van der Waals surface area contributed by atoms with E-state index in [1.807, 2.05) is 0 Å². The maximum atomic E-state index is 17.2. The Morgan fingerprint density at radius 1 is 0.246 bits per heavy atom. The monoisotopic (exact) mass is 843 g/mol. The molecule has 9 rings (SSSR count). The van der Waals surface area contributed by atoms with Crippen LogP contribution in [0, 0.1) is 0 Å². The van der Waals surface area contributed by atoms with Crippen LogP contribution < -0.4 is 47.7 Å². The number of carboxylic acid groups (broad SMARTS) is 1. The van der Waals surface area contributed by atoms with E-state index in [4.69, 9.17) is 0 Å². The molecule has 0 unspecified atom stereocenters. The summed E-state index contributed by atoms with van der Waals surface area (Å²) in [5.74, 6) is -0.827. The van der Waals surface area contributed by atoms with E-state index in [0.717, 1.165) is 47.7 Å². The molecule has 2 nitrogen and oxygen atoms in total. The summed E-state index contributed by atoms with van der Waals surface area (Å²) >= 11 is 0. The minimum atomic E-state index is -3.59. The molecule has 0 spiro atoms. The van der Waals surface area contributed by atoms with Crippen LogP contribution in [0.2, 0.25) is 0 Å². The van der Waals surface area contributed by atoms with E-state index < -0.39 is 32.4 Å². The maximum Gasteiger partial charge on any atom is 0.429 e. The fourth-order valence-electron chi connectivity index (χ4n) is 9.93. The van der Waals surface area contributed by atoms with Crippen molar-refractivity contribution in [3.63, 3.8) is 0 Å². The summed E-state index contributed by atoms with van der Waals surface area (Å²) in [6, 6.07) is 96.3. The third-order valence-corrected chi connectivity index (χ3v) is 30.4. The van der Waals surface area contributed by atoms with Crippen molar-refractivity contribution >= 4 is 75.5 Å². The number of rotatable bonds is 13. The summed E-state index contributed by atoms with van der Waals surface area (Å²) in [5.41, 5.74) is 0. The summed E-state index contributed by atoms with van der Waals surface area (Å²) in [5, 5.41) is 23.1. The average Bonchev–Trinajstić information content (AvgIpc) is 3.35. The molecule has 0 saturated carbocycles. The van der Waals surface area contributed by atoms with E-state index in [2.05, 4.69) is 273 Å². The smallest absolute Gasteiger partial charge is 0.429 e. The Balaban J connectivity index is 1.77. The van der Waals surface area contributed by atoms with Gasteiger partial charge in [0.15, 0.2) is 0 Å². The highest BCUT2D eigenvalue weighted by molar-refractivity contribution is 8.27. The number of hydrogen-bond acceptors (Lipinski definition) is 1. The highest BCUT2D eigenvalue weighted by Gasteiger charge is 2.96. The average molecular weight is 844 g/mol. The molecule has 1 N–H and O–H groups in total. The van der Waals surface area contributed by atoms with Crippen LogP contribution in [0.3, 0.4) is 0 Å². The lowest BCUT2D eigenvalue weighted by Crippen LogP contribution is -2.65. The standard InChI is InChI=1S/C56H45O2P3/c57-55(58)56(59(46-28-10-1-11-29-46,47-30-12-2-13-31-47)48-32-14-3-15-33-48,60(49-34-16-4-17-35-49,50-36-18-5-19-37-50)51-38-20-6-21-39-51)61(52-40-22-7-23-41-52,53-42-24-8-25-43-53)54-44-26-9-27-45-54/h1-45H/q+2/p+1. The molecule has 0 radical (unpaired) electrons. The summed E-state index contributed by atoms with van der Waals surface area (Å²) in [6.45, 7) is 0. The Hall–Kier alpha value is -6.26. The van der Waals surface area contributed by atoms with Crippen molar-refractivity contribution < 1.29 is 9.90 Å². The molecular weight excluding hydrogens is 798 g/mol. The lowest BCUT2D eigenvalue weighted by atomic mass is 10.3. The molecule has 0 aliphatic heterocycles. The van der Waals surface area contributed by atoms with Gasteiger partial charge >= 0.3 is 10.6 Å². The normalized spacial score (nSPS) is 12.1. The highest BCUT2D eigenvalue weighted by Crippen LogP contribution is 2.97. The summed E-state index contributed by atoms with van der Waals surface area (Å²) in [7, 11) is -10.8. The van der Waals surface area contributed by atoms with Crippen molar-refractivity contribution in [2.24, 2.45) is 0 Å². The molecule has 0 aromatic heterocycles. The van der Waals surface area contributed by atoms with Crippen LogP contribution in [0.15, 0.2) is 273 Å². The fourth-order valence-corrected chi connectivity index (χ4v) is 33.9. The molecule has 0 heterocycles. The van der Waals surface area contributed by atoms with Crippen LogP contribution in [0.5, 0.6) is 0 Å². The topological polar surface area (TPSA) is 37.3 Å². The van der Waals surface area contributed by atoms with Gasteiger partial charge in [-0.05, 0) is 109 Å². The molecule has 0 amide bonds. The van der Waals surface area contributed by atoms with Gasteiger partial charge in [0.2, 0.25) is 21.8 Å². The van der Waals surface area contributed by atoms with E-state index in [-0.39, 0.29) is 0 Å². The van der Waals surface area contributed by atoms with Gasteiger partial charge in [-0.1, -0.05) is 164 Å². The molecule has 9 aromatic rings. The first-order valence-electron chi connectivity index (χ1n) is 20.6. The Labute approximate surface area is 361 Å². The maximum absolute atomic E-state index is 17.2. The molecule has 5 heteroatoms. The minimum absolute atomic E-state index is 0.827. The lowest BCUT2D eigenvalue weighted by molar-refractivity contribution is -0.135. The van der Waals surface area contributed by atoms with Crippen LogP contribution in [0.4, 0.5) is 0 Å². The number of carbonyl (C=O) groups is 1. The molecule has 9 aromatic carbocycles. The Kier molecular flexibility index (Phi) is 11.4. The summed E-state index contributed by atoms with van der Waals surface area (Å²) < 4.78 is -1.68. The largest absolute Gasteiger partial charge is 0.472 e. The summed E-state index contributed by atoms with van der Waals surface area (Å²) in [4.78, 5) is 17.2. The van der Waals surface area contributed by atoms with Crippen LogP contribution in [0.25, 0.3) is 0 Å². The van der Waals surface area contributed by atoms with E-state index in [1.165, 1.54) is 0 Å². The predicted molar refractivity (Wildman–Crippen MR) is 266 cm³/mol. The molecule has 0 aliphatic carbocycles. The van der Waals surface area contributed by atoms with Crippen LogP contribution in [-0.4, -0.2) is 15.7 Å². The van der Waals surface area contributed by atoms with Gasteiger partial charge in [-0.3, -0.25) is 0 Å². The highest BCUT2D eigenvalue weighted by atomic mass is 31.3. The van der Waals surface area contributed by atoms with Crippen molar-refractivity contribution in [1.29, 1.82) is 0 Å². The van der Waals surface area contributed by atoms with Crippen molar-refractivity contribution in [3.8, 4) is 0 Å². The predicted octanol–water partition coefficient (Wildman–Crippen LogP) is 9.71. The molecule has 0 fully saturated rings. The Morgan fingerprint density at radius 2 is 0.361 bits per heavy atom. The molecule has 294 valence electrons. The molecule has 0 aliphatic rings. The second kappa shape index (κ2) is 17.4. The minimum Gasteiger partial charge on any atom is -0.472 e. The van der Waals surface area contributed by atoms with Gasteiger partial charge in [0.25, 0.3) is 0 Å². The van der Waals surface area contributed by atoms with Gasteiger partial charge in [0, 0.05) is 0 Å². The van der Waals surface area contributed by atoms with Crippen LogP contribution in [-0.2, 0) is 4.79 Å². The zero-order chi connectivity index (χ0) is 41.6. The second-order valence-corrected chi connectivity index (χ2v) is 26.7. The molecular formula is C56H46O2P3+3. The lowest BCUT2D eigenvalue weighted by Gasteiger charge is -2.51. The van der Waals surface area contributed by atoms with Gasteiger partial charge < -0.3 is 5.11 Å². The fraction of sp³-hybridized carbons (Fsp3) is 0.0179. The molecule has 0 bridgehead atoms. The van der Waals surface area contributed by atoms with Gasteiger partial charge in [0.05, 0.1) is 0 Å². The first-order chi connectivity index (χ1) is 30.1. The number of hydrogen-bond donors (Lipinski definition) is 1. The van der Waals surface area contributed by atoms with Crippen LogP contribution >= 0.6 is 21.8 Å². The van der Waals surface area contributed by atoms with Crippen molar-refractivity contribution in [2.45, 2.75) is 4.64 Å². The second-order valence-electron chi connectivity index (χ2n) is 15.0. The molecule has 61 heavy (non-hydrogen) atoms. The molecule has 0 atom stereocenters. The van der Waals surface area contributed by atoms with Crippen molar-refractivity contribution in [2.75, 3.05) is 0 Å². The van der Waals surface area contributed by atoms with Gasteiger partial charge in [-0.25, -0.2) is 4.79 Å². The van der Waals surface area contributed by atoms with Crippen LogP contribution in [0.1, 0.15) is 0 Å². The quantitative estimate of drug-likeness (QED) is 0.118. The first-order valence-corrected chi connectivity index (χ1v) is 25.9. The Bertz CT molecular complexity index is 2200. The third kappa shape index (κ3) is 6.17. The zero-order valence-corrected chi connectivity index (χ0v) is 36.4. The van der Waals surface area contributed by atoms with E-state index in [9.17, 15) is 5.11 Å². The molecule has 0 saturated heterocycles. The van der Waals surface area contributed by atoms with E-state index >= 15 is 4.79 Å². The number of aliphatic carboxylic acids is 1. The zero-order valence-electron chi connectivity index (χ0n) is 33.7. The summed E-state index contributed by atoms with van der Waals surface area (Å²) in [6.07, 6.45) is 0. The number of benzene rings is 9. The van der Waals surface area contributed by atoms with E-state index in [0.29, 0.717) is 0 Å². The van der Waals surface area contributed by atoms with Gasteiger partial charge in [-0.15, -0.1) is 0 Å². The SMILES string of the molecule is O=C(O)C([P+](c1ccccc1)(c1ccccc1)c1ccccc1)([P+](c1ccccc1)(c1ccccc1)c1ccccc1)[P+](c1ccccc1)(c1ccccc1)c1ccccc1. The van der Waals surface area contributed by atoms with Gasteiger partial charge in [-0.2, -0.15) is 0 Å². The number of carboxylic acids is 1. The van der Waals surface area contributed by atoms with Crippen molar-refractivity contribution in [1.82, 2.24) is 0 Å². The first kappa shape index (κ1) is 40.2. The van der Waals surface area contributed by atoms with Gasteiger partial charge in [0.1, 0.15) is 47.7 Å². The third-order valence-electron chi connectivity index (χ3n) is 12.0. The van der Waals surface area contributed by atoms with E-state index in [1.54, 1.807) is 0 Å². The van der Waals surface area contributed by atoms with Crippen molar-refractivity contribution in [3.05, 3.63) is 273 Å². The Morgan fingerprint density at radius 3 is 0.459 bits per heavy atom.